The summed E-state index contributed by atoms with van der Waals surface area (Å²) >= 11 is 0. The van der Waals surface area contributed by atoms with Gasteiger partial charge in [0.15, 0.2) is 0 Å². The number of hydrogen-bond donors (Lipinski definition) is 2. The molecule has 1 aliphatic heterocycles. The highest BCUT2D eigenvalue weighted by atomic mass is 16.5. The van der Waals surface area contributed by atoms with Gasteiger partial charge < -0.3 is 20.5 Å². The summed E-state index contributed by atoms with van der Waals surface area (Å²) in [6.45, 7) is 5.36. The molecular weight excluding hydrogens is 230 g/mol. The van der Waals surface area contributed by atoms with Crippen LogP contribution in [-0.2, 0) is 4.74 Å². The molecule has 0 aromatic carbocycles. The van der Waals surface area contributed by atoms with E-state index in [9.17, 15) is 5.11 Å². The molecule has 3 atom stereocenters. The Morgan fingerprint density at radius 2 is 2.39 bits per heavy atom. The number of ether oxygens (including phenoxy) is 1. The summed E-state index contributed by atoms with van der Waals surface area (Å²) < 4.78 is 5.51. The molecule has 0 radical (unpaired) electrons. The second-order valence-electron chi connectivity index (χ2n) is 4.88. The zero-order chi connectivity index (χ0) is 13.1. The van der Waals surface area contributed by atoms with Crippen LogP contribution >= 0.6 is 0 Å². The predicted octanol–water partition coefficient (Wildman–Crippen LogP) is 0.687. The topological polar surface area (TPSA) is 71.6 Å². The van der Waals surface area contributed by atoms with E-state index in [1.165, 1.54) is 0 Å². The van der Waals surface area contributed by atoms with Gasteiger partial charge >= 0.3 is 0 Å². The summed E-state index contributed by atoms with van der Waals surface area (Å²) in [6, 6.07) is 4.25. The molecule has 5 heteroatoms. The Bertz CT molecular complexity index is 380. The molecule has 2 unspecified atom stereocenters. The highest BCUT2D eigenvalue weighted by Crippen LogP contribution is 2.20. The molecule has 5 nitrogen and oxygen atoms in total. The van der Waals surface area contributed by atoms with Crippen LogP contribution in [0.2, 0.25) is 0 Å². The maximum Gasteiger partial charge on any atom is 0.128 e. The highest BCUT2D eigenvalue weighted by Gasteiger charge is 2.26. The normalized spacial score (nSPS) is 26.1. The summed E-state index contributed by atoms with van der Waals surface area (Å²) in [6.07, 6.45) is 1.69. The Morgan fingerprint density at radius 3 is 2.94 bits per heavy atom. The van der Waals surface area contributed by atoms with Gasteiger partial charge in [0.25, 0.3) is 0 Å². The van der Waals surface area contributed by atoms with Crippen LogP contribution in [0.5, 0.6) is 0 Å². The number of nitrogens with zero attached hydrogens (tertiary/aromatic N) is 2. The van der Waals surface area contributed by atoms with E-state index in [2.05, 4.69) is 16.8 Å². The first-order valence-electron chi connectivity index (χ1n) is 6.32. The Labute approximate surface area is 108 Å². The lowest BCUT2D eigenvalue weighted by Crippen LogP contribution is -2.49. The first-order valence-corrected chi connectivity index (χ1v) is 6.32. The standard InChI is InChI=1S/C13H21N3O2/c1-9-8-18-12(7-17)6-16(9)13-4-3-11(5-15-13)10(2)14/h3-5,9-10,12,17H,6-8,14H2,1-2H3/t9?,10-,12?/m1/s1. The zero-order valence-corrected chi connectivity index (χ0v) is 10.9. The smallest absolute Gasteiger partial charge is 0.128 e. The first-order chi connectivity index (χ1) is 8.61. The van der Waals surface area contributed by atoms with Crippen molar-refractivity contribution in [1.82, 2.24) is 4.98 Å². The molecule has 0 amide bonds. The number of aliphatic hydroxyl groups excluding tert-OH is 1. The van der Waals surface area contributed by atoms with E-state index < -0.39 is 0 Å². The molecule has 0 bridgehead atoms. The molecule has 18 heavy (non-hydrogen) atoms. The van der Waals surface area contributed by atoms with Crippen molar-refractivity contribution in [3.05, 3.63) is 23.9 Å². The van der Waals surface area contributed by atoms with Gasteiger partial charge in [-0.05, 0) is 25.5 Å². The van der Waals surface area contributed by atoms with Crippen LogP contribution in [-0.4, -0.2) is 42.0 Å². The fourth-order valence-electron chi connectivity index (χ4n) is 2.08. The van der Waals surface area contributed by atoms with Gasteiger partial charge in [0.05, 0.1) is 25.4 Å². The Kier molecular flexibility index (Phi) is 4.16. The van der Waals surface area contributed by atoms with Crippen molar-refractivity contribution in [1.29, 1.82) is 0 Å². The molecule has 2 rings (SSSR count). The van der Waals surface area contributed by atoms with Gasteiger partial charge in [0.1, 0.15) is 5.82 Å². The largest absolute Gasteiger partial charge is 0.394 e. The lowest BCUT2D eigenvalue weighted by Gasteiger charge is -2.38. The van der Waals surface area contributed by atoms with Crippen molar-refractivity contribution in [2.24, 2.45) is 5.73 Å². The van der Waals surface area contributed by atoms with E-state index in [1.807, 2.05) is 25.3 Å². The Hall–Kier alpha value is -1.17. The minimum absolute atomic E-state index is 0.00106. The van der Waals surface area contributed by atoms with Crippen LogP contribution in [0.1, 0.15) is 25.5 Å². The summed E-state index contributed by atoms with van der Waals surface area (Å²) in [4.78, 5) is 6.61. The molecule has 0 aliphatic carbocycles. The quantitative estimate of drug-likeness (QED) is 0.827. The molecule has 0 saturated carbocycles. The van der Waals surface area contributed by atoms with Gasteiger partial charge in [-0.25, -0.2) is 4.98 Å². The molecule has 1 fully saturated rings. The highest BCUT2D eigenvalue weighted by molar-refractivity contribution is 5.41. The second kappa shape index (κ2) is 5.65. The zero-order valence-electron chi connectivity index (χ0n) is 10.9. The van der Waals surface area contributed by atoms with E-state index >= 15 is 0 Å². The summed E-state index contributed by atoms with van der Waals surface area (Å²) in [5.74, 6) is 0.911. The molecule has 1 aromatic heterocycles. The van der Waals surface area contributed by atoms with E-state index in [4.69, 9.17) is 10.5 Å². The molecule has 1 saturated heterocycles. The van der Waals surface area contributed by atoms with Crippen LogP contribution in [0.4, 0.5) is 5.82 Å². The number of nitrogens with two attached hydrogens (primary N) is 1. The van der Waals surface area contributed by atoms with Gasteiger partial charge in [0.2, 0.25) is 0 Å². The van der Waals surface area contributed by atoms with Crippen LogP contribution in [0.15, 0.2) is 18.3 Å². The van der Waals surface area contributed by atoms with E-state index in [0.29, 0.717) is 13.2 Å². The molecule has 1 aromatic rings. The number of morpholine rings is 1. The van der Waals surface area contributed by atoms with Crippen molar-refractivity contribution in [2.45, 2.75) is 32.0 Å². The minimum Gasteiger partial charge on any atom is -0.394 e. The molecular formula is C13H21N3O2. The third-order valence-electron chi connectivity index (χ3n) is 3.30. The number of rotatable bonds is 3. The SMILES string of the molecule is CC1COC(CO)CN1c1ccc([C@@H](C)N)cn1. The van der Waals surface area contributed by atoms with E-state index in [-0.39, 0.29) is 24.8 Å². The van der Waals surface area contributed by atoms with Gasteiger partial charge in [-0.15, -0.1) is 0 Å². The molecule has 0 spiro atoms. The summed E-state index contributed by atoms with van der Waals surface area (Å²) in [5.41, 5.74) is 6.83. The lowest BCUT2D eigenvalue weighted by molar-refractivity contribution is -0.0105. The summed E-state index contributed by atoms with van der Waals surface area (Å²) in [5, 5.41) is 9.17. The fraction of sp³-hybridized carbons (Fsp3) is 0.615. The van der Waals surface area contributed by atoms with Crippen LogP contribution < -0.4 is 10.6 Å². The molecule has 1 aliphatic rings. The number of anilines is 1. The minimum atomic E-state index is -0.129. The average molecular weight is 251 g/mol. The molecule has 100 valence electrons. The van der Waals surface area contributed by atoms with E-state index in [1.54, 1.807) is 0 Å². The Morgan fingerprint density at radius 1 is 1.61 bits per heavy atom. The lowest BCUT2D eigenvalue weighted by atomic mass is 10.1. The van der Waals surface area contributed by atoms with Crippen molar-refractivity contribution in [3.8, 4) is 0 Å². The monoisotopic (exact) mass is 251 g/mol. The van der Waals surface area contributed by atoms with Crippen molar-refractivity contribution in [3.63, 3.8) is 0 Å². The van der Waals surface area contributed by atoms with E-state index in [0.717, 1.165) is 11.4 Å². The van der Waals surface area contributed by atoms with Gasteiger partial charge in [0, 0.05) is 18.8 Å². The van der Waals surface area contributed by atoms with Crippen LogP contribution in [0.25, 0.3) is 0 Å². The van der Waals surface area contributed by atoms with Crippen molar-refractivity contribution >= 4 is 5.82 Å². The maximum absolute atomic E-state index is 9.17. The van der Waals surface area contributed by atoms with Crippen LogP contribution in [0, 0.1) is 0 Å². The number of aliphatic hydroxyl groups is 1. The predicted molar refractivity (Wildman–Crippen MR) is 70.5 cm³/mol. The molecule has 3 N–H and O–H groups in total. The van der Waals surface area contributed by atoms with Crippen molar-refractivity contribution < 1.29 is 9.84 Å². The maximum atomic E-state index is 9.17. The fourth-order valence-corrected chi connectivity index (χ4v) is 2.08. The molecule has 2 heterocycles. The first kappa shape index (κ1) is 13.3. The Balaban J connectivity index is 2.13. The third-order valence-corrected chi connectivity index (χ3v) is 3.30. The van der Waals surface area contributed by atoms with Crippen LogP contribution in [0.3, 0.4) is 0 Å². The van der Waals surface area contributed by atoms with Gasteiger partial charge in [-0.3, -0.25) is 0 Å². The summed E-state index contributed by atoms with van der Waals surface area (Å²) in [7, 11) is 0. The van der Waals surface area contributed by atoms with Crippen molar-refractivity contribution in [2.75, 3.05) is 24.7 Å². The second-order valence-corrected chi connectivity index (χ2v) is 4.88. The van der Waals surface area contributed by atoms with Gasteiger partial charge in [-0.2, -0.15) is 0 Å². The average Bonchev–Trinajstić information content (AvgIpc) is 2.39. The number of hydrogen-bond acceptors (Lipinski definition) is 5. The number of pyridine rings is 1. The third kappa shape index (κ3) is 2.80. The van der Waals surface area contributed by atoms with Gasteiger partial charge in [-0.1, -0.05) is 6.07 Å². The number of aromatic nitrogens is 1.